The highest BCUT2D eigenvalue weighted by atomic mass is 35.5. The van der Waals surface area contributed by atoms with E-state index in [2.05, 4.69) is 32.2 Å². The SMILES string of the molecule is CCNC(c1cc(C)c(C)cc1Cl)c1sccc1Cl. The van der Waals surface area contributed by atoms with E-state index in [0.29, 0.717) is 0 Å². The number of rotatable bonds is 4. The van der Waals surface area contributed by atoms with Crippen molar-refractivity contribution in [3.63, 3.8) is 0 Å². The predicted octanol–water partition coefficient (Wildman–Crippen LogP) is 5.37. The fourth-order valence-corrected chi connectivity index (χ4v) is 3.67. The summed E-state index contributed by atoms with van der Waals surface area (Å²) >= 11 is 14.4. The zero-order valence-electron chi connectivity index (χ0n) is 11.3. The third-order valence-electron chi connectivity index (χ3n) is 3.24. The van der Waals surface area contributed by atoms with Gasteiger partial charge >= 0.3 is 0 Å². The molecule has 0 saturated carbocycles. The average Bonchev–Trinajstić information content (AvgIpc) is 2.77. The molecule has 1 unspecified atom stereocenters. The number of aryl methyl sites for hydroxylation is 2. The molecule has 0 saturated heterocycles. The molecule has 0 aliphatic heterocycles. The number of thiophene rings is 1. The van der Waals surface area contributed by atoms with Gasteiger partial charge in [0, 0.05) is 9.90 Å². The van der Waals surface area contributed by atoms with Crippen LogP contribution in [0.1, 0.15) is 34.5 Å². The summed E-state index contributed by atoms with van der Waals surface area (Å²) in [6.07, 6.45) is 0. The smallest absolute Gasteiger partial charge is 0.0700 e. The summed E-state index contributed by atoms with van der Waals surface area (Å²) in [5.41, 5.74) is 3.55. The Labute approximate surface area is 128 Å². The van der Waals surface area contributed by atoms with Crippen LogP contribution in [0, 0.1) is 13.8 Å². The zero-order valence-corrected chi connectivity index (χ0v) is 13.6. The van der Waals surface area contributed by atoms with Crippen LogP contribution < -0.4 is 5.32 Å². The molecule has 2 rings (SSSR count). The first-order chi connectivity index (χ1) is 9.04. The van der Waals surface area contributed by atoms with Gasteiger partial charge in [-0.05, 0) is 54.6 Å². The van der Waals surface area contributed by atoms with Crippen LogP contribution in [0.3, 0.4) is 0 Å². The Balaban J connectivity index is 2.51. The molecule has 19 heavy (non-hydrogen) atoms. The van der Waals surface area contributed by atoms with Gasteiger partial charge < -0.3 is 5.32 Å². The lowest BCUT2D eigenvalue weighted by molar-refractivity contribution is 0.639. The molecule has 0 fully saturated rings. The van der Waals surface area contributed by atoms with E-state index in [1.807, 2.05) is 17.5 Å². The summed E-state index contributed by atoms with van der Waals surface area (Å²) < 4.78 is 0. The standard InChI is InChI=1S/C15H17Cl2NS/c1-4-18-14(15-12(16)5-6-19-15)11-7-9(2)10(3)8-13(11)17/h5-8,14,18H,4H2,1-3H3. The van der Waals surface area contributed by atoms with Gasteiger partial charge in [0.2, 0.25) is 0 Å². The Morgan fingerprint density at radius 1 is 1.16 bits per heavy atom. The van der Waals surface area contributed by atoms with Crippen LogP contribution in [0.15, 0.2) is 23.6 Å². The fourth-order valence-electron chi connectivity index (χ4n) is 2.08. The Bertz CT molecular complexity index is 578. The highest BCUT2D eigenvalue weighted by molar-refractivity contribution is 7.10. The first kappa shape index (κ1) is 14.9. The Kier molecular flexibility index (Phi) is 4.91. The minimum Gasteiger partial charge on any atom is -0.306 e. The van der Waals surface area contributed by atoms with Gasteiger partial charge in [-0.15, -0.1) is 11.3 Å². The van der Waals surface area contributed by atoms with Gasteiger partial charge in [-0.25, -0.2) is 0 Å². The molecule has 0 aliphatic carbocycles. The average molecular weight is 314 g/mol. The van der Waals surface area contributed by atoms with E-state index in [4.69, 9.17) is 23.2 Å². The Hall–Kier alpha value is -0.540. The second-order valence-corrected chi connectivity index (χ2v) is 6.34. The first-order valence-electron chi connectivity index (χ1n) is 6.27. The van der Waals surface area contributed by atoms with Gasteiger partial charge in [-0.2, -0.15) is 0 Å². The molecule has 0 aliphatic rings. The van der Waals surface area contributed by atoms with Crippen molar-refractivity contribution in [2.75, 3.05) is 6.54 Å². The molecule has 0 radical (unpaired) electrons. The van der Waals surface area contributed by atoms with Gasteiger partial charge in [0.15, 0.2) is 0 Å². The monoisotopic (exact) mass is 313 g/mol. The number of hydrogen-bond donors (Lipinski definition) is 1. The van der Waals surface area contributed by atoms with Gasteiger partial charge in [0.05, 0.1) is 11.1 Å². The second kappa shape index (κ2) is 6.27. The molecule has 1 N–H and O–H groups in total. The molecule has 4 heteroatoms. The van der Waals surface area contributed by atoms with Crippen LogP contribution in [0.25, 0.3) is 0 Å². The highest BCUT2D eigenvalue weighted by Gasteiger charge is 2.20. The van der Waals surface area contributed by atoms with Crippen LogP contribution >= 0.6 is 34.5 Å². The van der Waals surface area contributed by atoms with Crippen molar-refractivity contribution in [2.24, 2.45) is 0 Å². The molecular formula is C15H17Cl2NS. The van der Waals surface area contributed by atoms with Gasteiger partial charge in [0.25, 0.3) is 0 Å². The molecule has 0 amide bonds. The summed E-state index contributed by atoms with van der Waals surface area (Å²) in [5.74, 6) is 0. The van der Waals surface area contributed by atoms with Crippen molar-refractivity contribution in [2.45, 2.75) is 26.8 Å². The van der Waals surface area contributed by atoms with E-state index in [1.54, 1.807) is 11.3 Å². The lowest BCUT2D eigenvalue weighted by atomic mass is 9.99. The lowest BCUT2D eigenvalue weighted by Gasteiger charge is -2.20. The number of nitrogens with one attached hydrogen (secondary N) is 1. The molecule has 1 aromatic carbocycles. The van der Waals surface area contributed by atoms with E-state index in [-0.39, 0.29) is 6.04 Å². The van der Waals surface area contributed by atoms with Crippen molar-refractivity contribution in [3.8, 4) is 0 Å². The molecule has 1 aromatic heterocycles. The summed E-state index contributed by atoms with van der Waals surface area (Å²) in [6.45, 7) is 7.13. The first-order valence-corrected chi connectivity index (χ1v) is 7.91. The summed E-state index contributed by atoms with van der Waals surface area (Å²) in [4.78, 5) is 1.12. The number of benzene rings is 1. The van der Waals surface area contributed by atoms with Gasteiger partial charge in [-0.1, -0.05) is 36.2 Å². The van der Waals surface area contributed by atoms with E-state index < -0.39 is 0 Å². The Morgan fingerprint density at radius 3 is 2.42 bits per heavy atom. The topological polar surface area (TPSA) is 12.0 Å². The molecule has 1 heterocycles. The van der Waals surface area contributed by atoms with Crippen molar-refractivity contribution in [1.29, 1.82) is 0 Å². The van der Waals surface area contributed by atoms with Crippen LogP contribution in [-0.4, -0.2) is 6.54 Å². The molecule has 0 spiro atoms. The zero-order chi connectivity index (χ0) is 14.0. The second-order valence-electron chi connectivity index (χ2n) is 4.58. The summed E-state index contributed by atoms with van der Waals surface area (Å²) in [6, 6.07) is 6.17. The summed E-state index contributed by atoms with van der Waals surface area (Å²) in [7, 11) is 0. The Morgan fingerprint density at radius 2 is 1.84 bits per heavy atom. The predicted molar refractivity (Wildman–Crippen MR) is 85.8 cm³/mol. The number of hydrogen-bond acceptors (Lipinski definition) is 2. The van der Waals surface area contributed by atoms with E-state index >= 15 is 0 Å². The molecule has 102 valence electrons. The minimum atomic E-state index is 0.0595. The summed E-state index contributed by atoms with van der Waals surface area (Å²) in [5, 5.41) is 7.07. The molecule has 2 aromatic rings. The van der Waals surface area contributed by atoms with Crippen LogP contribution in [0.5, 0.6) is 0 Å². The van der Waals surface area contributed by atoms with Crippen molar-refractivity contribution < 1.29 is 0 Å². The van der Waals surface area contributed by atoms with E-state index in [0.717, 1.165) is 27.0 Å². The minimum absolute atomic E-state index is 0.0595. The fraction of sp³-hybridized carbons (Fsp3) is 0.333. The maximum absolute atomic E-state index is 6.42. The maximum Gasteiger partial charge on any atom is 0.0700 e. The van der Waals surface area contributed by atoms with Gasteiger partial charge in [0.1, 0.15) is 0 Å². The quantitative estimate of drug-likeness (QED) is 0.800. The largest absolute Gasteiger partial charge is 0.306 e. The third-order valence-corrected chi connectivity index (χ3v) is 4.99. The maximum atomic E-state index is 6.42. The lowest BCUT2D eigenvalue weighted by Crippen LogP contribution is -2.22. The van der Waals surface area contributed by atoms with Crippen LogP contribution in [0.2, 0.25) is 10.0 Å². The normalized spacial score (nSPS) is 12.7. The van der Waals surface area contributed by atoms with Crippen molar-refractivity contribution >= 4 is 34.5 Å². The molecule has 1 atom stereocenters. The van der Waals surface area contributed by atoms with Crippen LogP contribution in [0.4, 0.5) is 0 Å². The van der Waals surface area contributed by atoms with Crippen molar-refractivity contribution in [1.82, 2.24) is 5.32 Å². The third kappa shape index (κ3) is 3.14. The van der Waals surface area contributed by atoms with Crippen LogP contribution in [-0.2, 0) is 0 Å². The van der Waals surface area contributed by atoms with Crippen molar-refractivity contribution in [3.05, 3.63) is 55.2 Å². The van der Waals surface area contributed by atoms with Gasteiger partial charge in [-0.3, -0.25) is 0 Å². The molecule has 0 bridgehead atoms. The molecular weight excluding hydrogens is 297 g/mol. The molecule has 1 nitrogen and oxygen atoms in total. The van der Waals surface area contributed by atoms with E-state index in [9.17, 15) is 0 Å². The highest BCUT2D eigenvalue weighted by Crippen LogP contribution is 2.36. The number of halogens is 2. The van der Waals surface area contributed by atoms with E-state index in [1.165, 1.54) is 11.1 Å².